The summed E-state index contributed by atoms with van der Waals surface area (Å²) in [6.07, 6.45) is 0.639. The second kappa shape index (κ2) is 23.6. The Kier molecular flexibility index (Phi) is 22.8. The largest absolute Gasteiger partial charge is 0.379 e. The molecule has 0 aromatic heterocycles. The van der Waals surface area contributed by atoms with Gasteiger partial charge in [-0.3, -0.25) is 14.4 Å². The fraction of sp³-hybridized carbons (Fsp3) is 0.842. The molecule has 0 aromatic carbocycles. The summed E-state index contributed by atoms with van der Waals surface area (Å²) < 4.78 is 26.1. The number of hydrogen-bond donors (Lipinski definition) is 3. The smallest absolute Gasteiger partial charge is 0.222 e. The molecule has 0 heterocycles. The molecule has 0 aliphatic rings. The molecule has 0 unspecified atom stereocenters. The standard InChI is InChI=1S/C19H36IN3O8/c1-2-21-17(24)3-4-18(25)22-6-9-28-12-14-30-13-11-27-8-5-19(26)23-7-10-29-15-16-31-20/h2-16H2,1H3,(H,21,24)(H,22,25)(H,23,26). The average Bonchev–Trinajstić information content (AvgIpc) is 2.75. The summed E-state index contributed by atoms with van der Waals surface area (Å²) in [7, 11) is 0. The van der Waals surface area contributed by atoms with Crippen molar-refractivity contribution in [3.05, 3.63) is 0 Å². The van der Waals surface area contributed by atoms with E-state index in [0.29, 0.717) is 79.1 Å². The lowest BCUT2D eigenvalue weighted by Crippen LogP contribution is -2.30. The quantitative estimate of drug-likeness (QED) is 0.124. The van der Waals surface area contributed by atoms with Crippen molar-refractivity contribution < 1.29 is 36.4 Å². The molecule has 0 aliphatic carbocycles. The Hall–Kier alpha value is -1.06. The van der Waals surface area contributed by atoms with E-state index in [2.05, 4.69) is 16.0 Å². The van der Waals surface area contributed by atoms with Crippen molar-refractivity contribution in [1.82, 2.24) is 16.0 Å². The van der Waals surface area contributed by atoms with Gasteiger partial charge in [-0.25, -0.2) is 0 Å². The number of ether oxygens (including phenoxy) is 4. The third-order valence-corrected chi connectivity index (χ3v) is 4.05. The van der Waals surface area contributed by atoms with Gasteiger partial charge in [-0.2, -0.15) is 0 Å². The van der Waals surface area contributed by atoms with E-state index in [4.69, 9.17) is 22.0 Å². The van der Waals surface area contributed by atoms with Crippen molar-refractivity contribution in [3.8, 4) is 0 Å². The van der Waals surface area contributed by atoms with Crippen molar-refractivity contribution in [1.29, 1.82) is 0 Å². The zero-order valence-corrected chi connectivity index (χ0v) is 20.4. The fourth-order valence-electron chi connectivity index (χ4n) is 2.11. The van der Waals surface area contributed by atoms with Gasteiger partial charge in [0.1, 0.15) is 23.0 Å². The summed E-state index contributed by atoms with van der Waals surface area (Å²) in [5, 5.41) is 8.07. The molecule has 12 heteroatoms. The molecule has 0 aromatic rings. The van der Waals surface area contributed by atoms with Gasteiger partial charge < -0.3 is 38.0 Å². The molecule has 3 N–H and O–H groups in total. The van der Waals surface area contributed by atoms with E-state index < -0.39 is 0 Å². The van der Waals surface area contributed by atoms with E-state index >= 15 is 0 Å². The highest BCUT2D eigenvalue weighted by atomic mass is 127. The van der Waals surface area contributed by atoms with Crippen LogP contribution in [0.15, 0.2) is 0 Å². The maximum absolute atomic E-state index is 11.6. The van der Waals surface area contributed by atoms with Crippen LogP contribution >= 0.6 is 23.0 Å². The average molecular weight is 561 g/mol. The van der Waals surface area contributed by atoms with E-state index in [1.807, 2.05) is 6.92 Å². The van der Waals surface area contributed by atoms with Gasteiger partial charge in [0, 0.05) is 38.9 Å². The third kappa shape index (κ3) is 23.4. The van der Waals surface area contributed by atoms with Crippen molar-refractivity contribution in [3.63, 3.8) is 0 Å². The van der Waals surface area contributed by atoms with E-state index in [1.54, 1.807) is 23.0 Å². The summed E-state index contributed by atoms with van der Waals surface area (Å²) in [5.74, 6) is -0.385. The van der Waals surface area contributed by atoms with E-state index in [0.717, 1.165) is 0 Å². The molecule has 31 heavy (non-hydrogen) atoms. The molecule has 0 saturated carbocycles. The third-order valence-electron chi connectivity index (χ3n) is 3.61. The highest BCUT2D eigenvalue weighted by molar-refractivity contribution is 14.1. The first kappa shape index (κ1) is 29.9. The molecule has 0 saturated heterocycles. The van der Waals surface area contributed by atoms with Gasteiger partial charge in [0.15, 0.2) is 0 Å². The monoisotopic (exact) mass is 561 g/mol. The van der Waals surface area contributed by atoms with Crippen LogP contribution in [0.1, 0.15) is 26.2 Å². The number of halogens is 1. The van der Waals surface area contributed by atoms with Crippen LogP contribution in [0, 0.1) is 0 Å². The molecule has 182 valence electrons. The predicted octanol–water partition coefficient (Wildman–Crippen LogP) is -0.0418. The summed E-state index contributed by atoms with van der Waals surface area (Å²) in [6, 6.07) is 0. The van der Waals surface area contributed by atoms with Crippen LogP contribution in [-0.4, -0.2) is 96.8 Å². The van der Waals surface area contributed by atoms with Gasteiger partial charge in [0.2, 0.25) is 17.7 Å². The molecule has 0 aliphatic heterocycles. The van der Waals surface area contributed by atoms with Gasteiger partial charge in [0.05, 0.1) is 59.5 Å². The van der Waals surface area contributed by atoms with E-state index in [-0.39, 0.29) is 37.0 Å². The summed E-state index contributed by atoms with van der Waals surface area (Å²) >= 11 is 1.80. The maximum Gasteiger partial charge on any atom is 0.222 e. The number of rotatable bonds is 22. The second-order valence-corrected chi connectivity index (χ2v) is 6.79. The molecule has 0 bridgehead atoms. The first-order valence-corrected chi connectivity index (χ1v) is 11.3. The first-order valence-electron chi connectivity index (χ1n) is 10.4. The molecule has 11 nitrogen and oxygen atoms in total. The van der Waals surface area contributed by atoms with Crippen LogP contribution in [0.25, 0.3) is 0 Å². The van der Waals surface area contributed by atoms with Crippen molar-refractivity contribution >= 4 is 40.7 Å². The predicted molar refractivity (Wildman–Crippen MR) is 122 cm³/mol. The number of carbonyl (C=O) groups is 3. The van der Waals surface area contributed by atoms with Crippen molar-refractivity contribution in [2.45, 2.75) is 26.2 Å². The molecule has 0 rings (SSSR count). The highest BCUT2D eigenvalue weighted by Crippen LogP contribution is 1.89. The number of amides is 3. The van der Waals surface area contributed by atoms with Crippen LogP contribution < -0.4 is 16.0 Å². The topological polar surface area (TPSA) is 133 Å². The molecular formula is C19H36IN3O8. The minimum Gasteiger partial charge on any atom is -0.379 e. The molecule has 0 fully saturated rings. The van der Waals surface area contributed by atoms with Crippen LogP contribution in [0.5, 0.6) is 0 Å². The lowest BCUT2D eigenvalue weighted by molar-refractivity contribution is -0.126. The van der Waals surface area contributed by atoms with Crippen molar-refractivity contribution in [2.24, 2.45) is 0 Å². The Labute approximate surface area is 198 Å². The summed E-state index contributed by atoms with van der Waals surface area (Å²) in [6.45, 7) is 7.05. The van der Waals surface area contributed by atoms with Crippen LogP contribution in [0.4, 0.5) is 0 Å². The zero-order chi connectivity index (χ0) is 23.0. The summed E-state index contributed by atoms with van der Waals surface area (Å²) in [5.41, 5.74) is 0. The molecule has 0 spiro atoms. The van der Waals surface area contributed by atoms with Crippen molar-refractivity contribution in [2.75, 3.05) is 79.1 Å². The fourth-order valence-corrected chi connectivity index (χ4v) is 2.29. The van der Waals surface area contributed by atoms with Crippen LogP contribution in [0.2, 0.25) is 0 Å². The lowest BCUT2D eigenvalue weighted by Gasteiger charge is -2.08. The van der Waals surface area contributed by atoms with Gasteiger partial charge in [-0.1, -0.05) is 0 Å². The van der Waals surface area contributed by atoms with Gasteiger partial charge in [-0.15, -0.1) is 0 Å². The maximum atomic E-state index is 11.6. The minimum atomic E-state index is -0.174. The Morgan fingerprint density at radius 2 is 1.00 bits per heavy atom. The Morgan fingerprint density at radius 3 is 1.52 bits per heavy atom. The first-order chi connectivity index (χ1) is 15.1. The van der Waals surface area contributed by atoms with Crippen LogP contribution in [-0.2, 0) is 36.4 Å². The molecule has 0 atom stereocenters. The van der Waals surface area contributed by atoms with Gasteiger partial charge in [0.25, 0.3) is 0 Å². The summed E-state index contributed by atoms with van der Waals surface area (Å²) in [4.78, 5) is 34.3. The SMILES string of the molecule is CCNC(=O)CCC(=O)NCCOCCOCCOCCC(=O)NCCOCCOI. The van der Waals surface area contributed by atoms with E-state index in [1.165, 1.54) is 0 Å². The molecule has 0 radical (unpaired) electrons. The number of nitrogens with one attached hydrogen (secondary N) is 3. The van der Waals surface area contributed by atoms with Crippen LogP contribution in [0.3, 0.4) is 0 Å². The van der Waals surface area contributed by atoms with E-state index in [9.17, 15) is 14.4 Å². The number of hydrogen-bond acceptors (Lipinski definition) is 8. The minimum absolute atomic E-state index is 0.0839. The zero-order valence-electron chi connectivity index (χ0n) is 18.3. The molecular weight excluding hydrogens is 525 g/mol. The second-order valence-electron chi connectivity index (χ2n) is 6.17. The molecule has 3 amide bonds. The lowest BCUT2D eigenvalue weighted by atomic mass is 10.3. The van der Waals surface area contributed by atoms with Gasteiger partial charge >= 0.3 is 0 Å². The Balaban J connectivity index is 3.26. The van der Waals surface area contributed by atoms with Gasteiger partial charge in [-0.05, 0) is 6.92 Å². The highest BCUT2D eigenvalue weighted by Gasteiger charge is 2.05. The Bertz CT molecular complexity index is 471. The normalized spacial score (nSPS) is 10.6. The Morgan fingerprint density at radius 1 is 0.581 bits per heavy atom. The number of carbonyl (C=O) groups excluding carboxylic acids is 3.